The second-order valence-corrected chi connectivity index (χ2v) is 4.82. The topological polar surface area (TPSA) is 96.7 Å². The summed E-state index contributed by atoms with van der Waals surface area (Å²) in [5.41, 5.74) is 8.78. The number of carbonyl (C=O) groups excluding carboxylic acids is 1. The lowest BCUT2D eigenvalue weighted by Gasteiger charge is -2.30. The number of oxime groups is 1. The van der Waals surface area contributed by atoms with Crippen LogP contribution in [0.4, 0.5) is 0 Å². The van der Waals surface area contributed by atoms with E-state index in [0.29, 0.717) is 23.5 Å². The molecule has 0 atom stereocenters. The number of benzene rings is 1. The fourth-order valence-electron chi connectivity index (χ4n) is 2.71. The number of imidazole rings is 1. The van der Waals surface area contributed by atoms with Crippen molar-refractivity contribution in [1.82, 2.24) is 14.5 Å². The van der Waals surface area contributed by atoms with Crippen LogP contribution in [0.2, 0.25) is 0 Å². The predicted molar refractivity (Wildman–Crippen MR) is 75.1 cm³/mol. The summed E-state index contributed by atoms with van der Waals surface area (Å²) in [4.78, 5) is 18.4. The van der Waals surface area contributed by atoms with Gasteiger partial charge in [-0.05, 0) is 18.2 Å². The molecule has 1 aromatic heterocycles. The van der Waals surface area contributed by atoms with Crippen molar-refractivity contribution in [2.24, 2.45) is 10.9 Å². The first-order valence-electron chi connectivity index (χ1n) is 6.39. The molecule has 3 heterocycles. The van der Waals surface area contributed by atoms with E-state index in [1.165, 1.54) is 0 Å². The average molecular weight is 281 g/mol. The maximum atomic E-state index is 12.6. The van der Waals surface area contributed by atoms with Crippen molar-refractivity contribution >= 4 is 17.4 Å². The van der Waals surface area contributed by atoms with Crippen molar-refractivity contribution in [3.63, 3.8) is 0 Å². The summed E-state index contributed by atoms with van der Waals surface area (Å²) in [6, 6.07) is 7.31. The normalized spacial score (nSPS) is 16.4. The minimum absolute atomic E-state index is 0.0581. The van der Waals surface area contributed by atoms with Crippen molar-refractivity contribution in [2.75, 3.05) is 6.54 Å². The fourth-order valence-corrected chi connectivity index (χ4v) is 2.71. The zero-order valence-corrected chi connectivity index (χ0v) is 10.9. The Hall–Kier alpha value is -3.09. The molecular weight excluding hydrogens is 270 g/mol. The number of carbonyl (C=O) groups is 1. The van der Waals surface area contributed by atoms with Crippen LogP contribution in [0.15, 0.2) is 41.8 Å². The summed E-state index contributed by atoms with van der Waals surface area (Å²) in [5, 5.41) is 11.9. The van der Waals surface area contributed by atoms with E-state index < -0.39 is 0 Å². The van der Waals surface area contributed by atoms with Crippen LogP contribution in [0.5, 0.6) is 0 Å². The number of amides is 1. The first-order chi connectivity index (χ1) is 10.2. The SMILES string of the molecule is NC(=NO)c1ncn2c1C1=CCN1C(=O)c1ccccc1-2. The molecule has 7 heteroatoms. The van der Waals surface area contributed by atoms with Crippen LogP contribution >= 0.6 is 0 Å². The van der Waals surface area contributed by atoms with Gasteiger partial charge in [-0.25, -0.2) is 4.98 Å². The Morgan fingerprint density at radius 3 is 2.90 bits per heavy atom. The summed E-state index contributed by atoms with van der Waals surface area (Å²) in [7, 11) is 0. The number of nitrogens with zero attached hydrogens (tertiary/aromatic N) is 4. The van der Waals surface area contributed by atoms with Gasteiger partial charge in [-0.2, -0.15) is 0 Å². The molecule has 0 saturated heterocycles. The third-order valence-corrected chi connectivity index (χ3v) is 3.76. The van der Waals surface area contributed by atoms with E-state index in [1.807, 2.05) is 24.3 Å². The van der Waals surface area contributed by atoms with Gasteiger partial charge in [0.1, 0.15) is 17.7 Å². The van der Waals surface area contributed by atoms with Crippen LogP contribution < -0.4 is 5.73 Å². The molecule has 0 aliphatic carbocycles. The molecule has 104 valence electrons. The van der Waals surface area contributed by atoms with E-state index in [2.05, 4.69) is 10.1 Å². The molecule has 21 heavy (non-hydrogen) atoms. The molecule has 0 saturated carbocycles. The summed E-state index contributed by atoms with van der Waals surface area (Å²) in [6.07, 6.45) is 3.50. The molecular formula is C14H11N5O2. The monoisotopic (exact) mass is 281 g/mol. The van der Waals surface area contributed by atoms with Crippen molar-refractivity contribution in [3.05, 3.63) is 53.6 Å². The van der Waals surface area contributed by atoms with Crippen molar-refractivity contribution in [3.8, 4) is 5.69 Å². The summed E-state index contributed by atoms with van der Waals surface area (Å²) < 4.78 is 1.80. The largest absolute Gasteiger partial charge is 0.409 e. The standard InChI is InChI=1S/C14H11N5O2/c15-13(17-21)11-12-10-5-6-18(10)14(20)8-3-1-2-4-9(8)19(12)7-16-11/h1-5,7,21H,6H2,(H2,15,17). The van der Waals surface area contributed by atoms with E-state index in [9.17, 15) is 4.79 Å². The highest BCUT2D eigenvalue weighted by Gasteiger charge is 2.36. The predicted octanol–water partition coefficient (Wildman–Crippen LogP) is 0.777. The lowest BCUT2D eigenvalue weighted by molar-refractivity contribution is 0.0834. The van der Waals surface area contributed by atoms with Crippen molar-refractivity contribution in [2.45, 2.75) is 0 Å². The van der Waals surface area contributed by atoms with Gasteiger partial charge in [0.25, 0.3) is 5.91 Å². The Labute approximate surface area is 119 Å². The van der Waals surface area contributed by atoms with Gasteiger partial charge in [0.2, 0.25) is 0 Å². The summed E-state index contributed by atoms with van der Waals surface area (Å²) >= 11 is 0. The van der Waals surface area contributed by atoms with Gasteiger partial charge in [0.05, 0.1) is 16.9 Å². The lowest BCUT2D eigenvalue weighted by Crippen LogP contribution is -2.36. The number of hydrogen-bond acceptors (Lipinski definition) is 4. The smallest absolute Gasteiger partial charge is 0.260 e. The fraction of sp³-hybridized carbons (Fsp3) is 0.0714. The van der Waals surface area contributed by atoms with Gasteiger partial charge in [0.15, 0.2) is 5.84 Å². The van der Waals surface area contributed by atoms with Crippen molar-refractivity contribution < 1.29 is 10.0 Å². The molecule has 2 aliphatic rings. The van der Waals surface area contributed by atoms with Crippen LogP contribution in [0.1, 0.15) is 21.7 Å². The molecule has 0 bridgehead atoms. The van der Waals surface area contributed by atoms with E-state index in [-0.39, 0.29) is 11.7 Å². The minimum Gasteiger partial charge on any atom is -0.409 e. The van der Waals surface area contributed by atoms with E-state index >= 15 is 0 Å². The number of nitrogens with two attached hydrogens (primary N) is 1. The highest BCUT2D eigenvalue weighted by molar-refractivity contribution is 6.08. The number of hydrogen-bond donors (Lipinski definition) is 2. The molecule has 0 spiro atoms. The number of fused-ring (bicyclic) bond motifs is 5. The molecule has 2 aliphatic heterocycles. The molecule has 2 aromatic rings. The number of rotatable bonds is 1. The second-order valence-electron chi connectivity index (χ2n) is 4.82. The van der Waals surface area contributed by atoms with Crippen molar-refractivity contribution in [1.29, 1.82) is 0 Å². The zero-order valence-electron chi connectivity index (χ0n) is 10.9. The summed E-state index contributed by atoms with van der Waals surface area (Å²) in [6.45, 7) is 0.545. The maximum absolute atomic E-state index is 12.6. The second kappa shape index (κ2) is 3.95. The molecule has 0 fully saturated rings. The van der Waals surface area contributed by atoms with Gasteiger partial charge in [-0.1, -0.05) is 17.3 Å². The molecule has 0 radical (unpaired) electrons. The van der Waals surface area contributed by atoms with Gasteiger partial charge in [0, 0.05) is 6.54 Å². The van der Waals surface area contributed by atoms with Gasteiger partial charge in [-0.3, -0.25) is 9.36 Å². The van der Waals surface area contributed by atoms with Gasteiger partial charge in [-0.15, -0.1) is 0 Å². The van der Waals surface area contributed by atoms with E-state index in [1.54, 1.807) is 21.9 Å². The number of amidine groups is 1. The van der Waals surface area contributed by atoms with Crippen LogP contribution in [0, 0.1) is 0 Å². The molecule has 1 amide bonds. The van der Waals surface area contributed by atoms with E-state index in [4.69, 9.17) is 10.9 Å². The first kappa shape index (κ1) is 11.7. The van der Waals surface area contributed by atoms with Gasteiger partial charge >= 0.3 is 0 Å². The Bertz CT molecular complexity index is 834. The highest BCUT2D eigenvalue weighted by atomic mass is 16.4. The first-order valence-corrected chi connectivity index (χ1v) is 6.39. The summed E-state index contributed by atoms with van der Waals surface area (Å²) in [5.74, 6) is -0.138. The molecule has 7 nitrogen and oxygen atoms in total. The maximum Gasteiger partial charge on any atom is 0.260 e. The van der Waals surface area contributed by atoms with Gasteiger partial charge < -0.3 is 15.8 Å². The third-order valence-electron chi connectivity index (χ3n) is 3.76. The average Bonchev–Trinajstić information content (AvgIpc) is 2.87. The number of para-hydroxylation sites is 1. The Morgan fingerprint density at radius 2 is 2.19 bits per heavy atom. The van der Waals surface area contributed by atoms with Crippen LogP contribution in [0.3, 0.4) is 0 Å². The highest BCUT2D eigenvalue weighted by Crippen LogP contribution is 2.36. The Morgan fingerprint density at radius 1 is 1.38 bits per heavy atom. The number of aromatic nitrogens is 2. The Kier molecular flexibility index (Phi) is 2.20. The Balaban J connectivity index is 2.07. The minimum atomic E-state index is -0.0802. The quantitative estimate of drug-likeness (QED) is 0.349. The van der Waals surface area contributed by atoms with E-state index in [0.717, 1.165) is 11.4 Å². The third kappa shape index (κ3) is 1.40. The molecule has 0 unspecified atom stereocenters. The van der Waals surface area contributed by atoms with Crippen LogP contribution in [0.25, 0.3) is 11.4 Å². The molecule has 1 aromatic carbocycles. The zero-order chi connectivity index (χ0) is 14.6. The van der Waals surface area contributed by atoms with Crippen LogP contribution in [-0.4, -0.2) is 37.9 Å². The molecule has 4 rings (SSSR count). The lowest BCUT2D eigenvalue weighted by atomic mass is 10.1. The molecule has 3 N–H and O–H groups in total. The van der Waals surface area contributed by atoms with Crippen LogP contribution in [-0.2, 0) is 0 Å².